The van der Waals surface area contributed by atoms with E-state index < -0.39 is 8.18 Å². The van der Waals surface area contributed by atoms with Gasteiger partial charge in [0.25, 0.3) is 0 Å². The number of ether oxygens (including phenoxy) is 1. The Kier molecular flexibility index (Phi) is 4.92. The maximum absolute atomic E-state index is 11.2. The minimum absolute atomic E-state index is 0.0117. The lowest BCUT2D eigenvalue weighted by Gasteiger charge is -2.27. The largest absolute Gasteiger partial charge is 0.615 e. The zero-order chi connectivity index (χ0) is 10.6. The van der Waals surface area contributed by atoms with Crippen molar-refractivity contribution in [2.75, 3.05) is 33.8 Å². The van der Waals surface area contributed by atoms with E-state index in [-0.39, 0.29) is 12.2 Å². The van der Waals surface area contributed by atoms with Gasteiger partial charge in [0.2, 0.25) is 0 Å². The van der Waals surface area contributed by atoms with Gasteiger partial charge in [-0.2, -0.15) is 0 Å². The molecule has 1 aliphatic rings. The predicted octanol–water partition coefficient (Wildman–Crippen LogP) is 0.599. The fourth-order valence-corrected chi connectivity index (χ4v) is 1.76. The topological polar surface area (TPSA) is 50.8 Å². The molecule has 1 rings (SSSR count). The summed E-state index contributed by atoms with van der Waals surface area (Å²) in [4.78, 5) is 0. The summed E-state index contributed by atoms with van der Waals surface area (Å²) in [5.74, 6) is 0. The Morgan fingerprint density at radius 3 is 2.86 bits per heavy atom. The summed E-state index contributed by atoms with van der Waals surface area (Å²) in [7, 11) is 1.74. The molecule has 1 N–H and O–H groups in total. The van der Waals surface area contributed by atoms with Gasteiger partial charge in [0.05, 0.1) is 12.2 Å². The van der Waals surface area contributed by atoms with Gasteiger partial charge in [-0.25, -0.2) is 0 Å². The van der Waals surface area contributed by atoms with Crippen molar-refractivity contribution in [1.29, 1.82) is 0 Å². The van der Waals surface area contributed by atoms with E-state index in [2.05, 4.69) is 5.32 Å². The quantitative estimate of drug-likeness (QED) is 0.704. The number of hydrogen-bond acceptors (Lipinski definition) is 4. The lowest BCUT2D eigenvalue weighted by Crippen LogP contribution is -2.45. The molecule has 0 saturated carbocycles. The first kappa shape index (κ1) is 12.0. The van der Waals surface area contributed by atoms with Crippen LogP contribution in [0.5, 0.6) is 0 Å². The number of rotatable bonds is 4. The molecule has 0 bridgehead atoms. The second kappa shape index (κ2) is 5.73. The third-order valence-electron chi connectivity index (χ3n) is 1.93. The maximum atomic E-state index is 11.2. The predicted molar refractivity (Wildman–Crippen MR) is 54.5 cm³/mol. The van der Waals surface area contributed by atoms with Crippen molar-refractivity contribution in [3.05, 3.63) is 0 Å². The highest BCUT2D eigenvalue weighted by molar-refractivity contribution is 7.36. The van der Waals surface area contributed by atoms with Gasteiger partial charge in [-0.05, 0) is 11.5 Å². The molecule has 0 amide bonds. The third-order valence-corrected chi connectivity index (χ3v) is 2.95. The van der Waals surface area contributed by atoms with E-state index in [1.807, 2.05) is 6.92 Å². The van der Waals surface area contributed by atoms with Crippen LogP contribution in [0.1, 0.15) is 6.92 Å². The minimum Gasteiger partial charge on any atom is -0.370 e. The Hall–Kier alpha value is -0.0600. The van der Waals surface area contributed by atoms with Gasteiger partial charge in [-0.15, -0.1) is 4.52 Å². The molecule has 1 unspecified atom stereocenters. The van der Waals surface area contributed by atoms with Crippen LogP contribution in [0.2, 0.25) is 0 Å². The molecule has 0 aromatic rings. The van der Waals surface area contributed by atoms with Gasteiger partial charge in [-0.3, -0.25) is 0 Å². The van der Waals surface area contributed by atoms with Crippen LogP contribution in [-0.2, 0) is 13.8 Å². The van der Waals surface area contributed by atoms with E-state index in [0.29, 0.717) is 6.61 Å². The molecule has 1 saturated heterocycles. The monoisotopic (exact) mass is 221 g/mol. The summed E-state index contributed by atoms with van der Waals surface area (Å²) in [5, 5.41) is 3.22. The van der Waals surface area contributed by atoms with E-state index in [1.54, 1.807) is 18.8 Å². The maximum Gasteiger partial charge on any atom is 0.615 e. The van der Waals surface area contributed by atoms with Crippen molar-refractivity contribution < 1.29 is 13.8 Å². The molecule has 6 heteroatoms. The van der Waals surface area contributed by atoms with Crippen molar-refractivity contribution in [2.45, 2.75) is 19.1 Å². The lowest BCUT2D eigenvalue weighted by molar-refractivity contribution is -0.0467. The molecule has 82 valence electrons. The van der Waals surface area contributed by atoms with E-state index >= 15 is 0 Å². The Morgan fingerprint density at radius 2 is 2.29 bits per heavy atom. The van der Waals surface area contributed by atoms with Crippen LogP contribution in [-0.4, -0.2) is 50.7 Å². The number of nitrogens with zero attached hydrogens (tertiary/aromatic N) is 1. The average molecular weight is 221 g/mol. The molecule has 5 nitrogen and oxygen atoms in total. The summed E-state index contributed by atoms with van der Waals surface area (Å²) in [6.45, 7) is 4.02. The smallest absolute Gasteiger partial charge is 0.370 e. The average Bonchev–Trinajstić information content (AvgIpc) is 2.14. The Morgan fingerprint density at radius 1 is 1.57 bits per heavy atom. The van der Waals surface area contributed by atoms with Crippen molar-refractivity contribution in [3.63, 3.8) is 0 Å². The minimum atomic E-state index is -1.70. The molecule has 1 heterocycles. The first-order valence-corrected chi connectivity index (χ1v) is 5.86. The van der Waals surface area contributed by atoms with E-state index in [1.165, 1.54) is 0 Å². The molecule has 0 aromatic heterocycles. The van der Waals surface area contributed by atoms with Gasteiger partial charge in [0, 0.05) is 27.2 Å². The summed E-state index contributed by atoms with van der Waals surface area (Å²) in [6, 6.07) is 0. The van der Waals surface area contributed by atoms with Gasteiger partial charge < -0.3 is 10.1 Å². The molecule has 1 fully saturated rings. The lowest BCUT2D eigenvalue weighted by atomic mass is 10.3. The molecule has 3 atom stereocenters. The third kappa shape index (κ3) is 3.98. The fraction of sp³-hybridized carbons (Fsp3) is 1.00. The van der Waals surface area contributed by atoms with Crippen molar-refractivity contribution >= 4 is 8.18 Å². The van der Waals surface area contributed by atoms with Crippen LogP contribution in [0.4, 0.5) is 0 Å². The Labute approximate surface area is 85.7 Å². The van der Waals surface area contributed by atoms with Crippen LogP contribution in [0, 0.1) is 0 Å². The first-order valence-electron chi connectivity index (χ1n) is 4.73. The van der Waals surface area contributed by atoms with Crippen molar-refractivity contribution in [1.82, 2.24) is 9.99 Å². The van der Waals surface area contributed by atoms with Gasteiger partial charge in [0.1, 0.15) is 6.61 Å². The van der Waals surface area contributed by atoms with Crippen LogP contribution in [0.25, 0.3) is 0 Å². The zero-order valence-electron chi connectivity index (χ0n) is 8.90. The molecule has 1 aliphatic heterocycles. The first-order chi connectivity index (χ1) is 6.59. The van der Waals surface area contributed by atoms with Crippen LogP contribution < -0.4 is 5.32 Å². The summed E-state index contributed by atoms with van der Waals surface area (Å²) in [6.07, 6.45) is 0.215. The molecule has 14 heavy (non-hydrogen) atoms. The van der Waals surface area contributed by atoms with E-state index in [0.717, 1.165) is 13.1 Å². The SMILES string of the molecule is C[C@H]1CNC[C@@H](CO[P+](=O)N(C)C)O1. The van der Waals surface area contributed by atoms with Gasteiger partial charge in [-0.1, -0.05) is 4.67 Å². The van der Waals surface area contributed by atoms with E-state index in [9.17, 15) is 4.57 Å². The van der Waals surface area contributed by atoms with Gasteiger partial charge >= 0.3 is 8.18 Å². The molecule has 0 aromatic carbocycles. The van der Waals surface area contributed by atoms with Crippen molar-refractivity contribution in [3.8, 4) is 0 Å². The van der Waals surface area contributed by atoms with Crippen molar-refractivity contribution in [2.24, 2.45) is 0 Å². The Bertz CT molecular complexity index is 201. The highest BCUT2D eigenvalue weighted by Crippen LogP contribution is 2.24. The molecule has 0 spiro atoms. The fourth-order valence-electron chi connectivity index (χ4n) is 1.23. The standard InChI is InChI=1S/C8H18N2O3P/c1-7-4-9-5-8(13-7)6-12-14(11)10(2)3/h7-9H,4-6H2,1-3H3/q+1/t7-,8-/m0/s1. The number of morpholine rings is 1. The number of nitrogens with one attached hydrogen (secondary N) is 1. The summed E-state index contributed by atoms with van der Waals surface area (Å²) < 4.78 is 23.5. The number of hydrogen-bond donors (Lipinski definition) is 1. The normalized spacial score (nSPS) is 29.3. The molecule has 0 radical (unpaired) electrons. The zero-order valence-corrected chi connectivity index (χ0v) is 9.79. The molecule has 0 aliphatic carbocycles. The Balaban J connectivity index is 2.20. The van der Waals surface area contributed by atoms with E-state index in [4.69, 9.17) is 9.26 Å². The van der Waals surface area contributed by atoms with Crippen LogP contribution >= 0.6 is 8.18 Å². The second-order valence-electron chi connectivity index (χ2n) is 3.61. The van der Waals surface area contributed by atoms with Crippen LogP contribution in [0.15, 0.2) is 0 Å². The highest BCUT2D eigenvalue weighted by Gasteiger charge is 2.26. The van der Waals surface area contributed by atoms with Gasteiger partial charge in [0.15, 0.2) is 0 Å². The summed E-state index contributed by atoms with van der Waals surface area (Å²) in [5.41, 5.74) is 0. The summed E-state index contributed by atoms with van der Waals surface area (Å²) >= 11 is 0. The van der Waals surface area contributed by atoms with Crippen LogP contribution in [0.3, 0.4) is 0 Å². The molecular formula is C8H18N2O3P+. The highest BCUT2D eigenvalue weighted by atomic mass is 31.1. The molecular weight excluding hydrogens is 203 g/mol. The second-order valence-corrected chi connectivity index (χ2v) is 5.14.